The highest BCUT2D eigenvalue weighted by Crippen LogP contribution is 2.29. The highest BCUT2D eigenvalue weighted by Gasteiger charge is 2.27. The highest BCUT2D eigenvalue weighted by atomic mass is 32.2. The Labute approximate surface area is 177 Å². The van der Waals surface area contributed by atoms with Crippen molar-refractivity contribution < 1.29 is 9.53 Å². The normalized spacial score (nSPS) is 20.6. The SMILES string of the molecule is CC(C#N)CSc1ccccc1NC(=O)CN1CC(C)OC(c2ccccc2)C1. The van der Waals surface area contributed by atoms with Crippen molar-refractivity contribution >= 4 is 23.4 Å². The van der Waals surface area contributed by atoms with E-state index < -0.39 is 0 Å². The van der Waals surface area contributed by atoms with Gasteiger partial charge in [0.15, 0.2) is 0 Å². The number of thioether (sulfide) groups is 1. The van der Waals surface area contributed by atoms with Gasteiger partial charge in [0.05, 0.1) is 36.4 Å². The molecule has 29 heavy (non-hydrogen) atoms. The lowest BCUT2D eigenvalue weighted by molar-refractivity contribution is -0.122. The number of nitrogens with zero attached hydrogens (tertiary/aromatic N) is 2. The lowest BCUT2D eigenvalue weighted by Crippen LogP contribution is -2.46. The topological polar surface area (TPSA) is 65.4 Å². The molecule has 1 fully saturated rings. The Balaban J connectivity index is 1.60. The van der Waals surface area contributed by atoms with Gasteiger partial charge in [0.1, 0.15) is 0 Å². The summed E-state index contributed by atoms with van der Waals surface area (Å²) in [6.45, 7) is 5.69. The molecule has 3 unspecified atom stereocenters. The quantitative estimate of drug-likeness (QED) is 0.689. The average Bonchev–Trinajstić information content (AvgIpc) is 2.73. The van der Waals surface area contributed by atoms with Crippen LogP contribution >= 0.6 is 11.8 Å². The van der Waals surface area contributed by atoms with Crippen LogP contribution in [0.25, 0.3) is 0 Å². The Hall–Kier alpha value is -2.33. The number of benzene rings is 2. The first kappa shape index (κ1) is 21.4. The fraction of sp³-hybridized carbons (Fsp3) is 0.391. The second-order valence-corrected chi connectivity index (χ2v) is 8.49. The third kappa shape index (κ3) is 6.33. The van der Waals surface area contributed by atoms with E-state index in [1.165, 1.54) is 0 Å². The van der Waals surface area contributed by atoms with E-state index in [2.05, 4.69) is 28.4 Å². The molecule has 0 spiro atoms. The number of amides is 1. The van der Waals surface area contributed by atoms with Gasteiger partial charge in [0.2, 0.25) is 5.91 Å². The number of anilines is 1. The first-order valence-corrected chi connectivity index (χ1v) is 10.9. The summed E-state index contributed by atoms with van der Waals surface area (Å²) in [5.74, 6) is 0.629. The number of ether oxygens (including phenoxy) is 1. The van der Waals surface area contributed by atoms with E-state index in [0.717, 1.165) is 22.7 Å². The Kier molecular flexibility index (Phi) is 7.70. The summed E-state index contributed by atoms with van der Waals surface area (Å²) in [5.41, 5.74) is 1.94. The Morgan fingerprint density at radius 1 is 1.24 bits per heavy atom. The van der Waals surface area contributed by atoms with Crippen molar-refractivity contribution in [3.05, 3.63) is 60.2 Å². The fourth-order valence-corrected chi connectivity index (χ4v) is 4.31. The summed E-state index contributed by atoms with van der Waals surface area (Å²) in [6, 6.07) is 20.1. The fourth-order valence-electron chi connectivity index (χ4n) is 3.36. The first-order valence-electron chi connectivity index (χ1n) is 9.89. The number of hydrogen-bond donors (Lipinski definition) is 1. The van der Waals surface area contributed by atoms with E-state index in [0.29, 0.717) is 18.8 Å². The largest absolute Gasteiger partial charge is 0.368 e. The summed E-state index contributed by atoms with van der Waals surface area (Å²) in [4.78, 5) is 15.9. The predicted molar refractivity (Wildman–Crippen MR) is 117 cm³/mol. The summed E-state index contributed by atoms with van der Waals surface area (Å²) in [5, 5.41) is 12.0. The zero-order chi connectivity index (χ0) is 20.6. The summed E-state index contributed by atoms with van der Waals surface area (Å²) < 4.78 is 6.08. The molecule has 1 aliphatic heterocycles. The van der Waals surface area contributed by atoms with Gasteiger partial charge in [-0.15, -0.1) is 11.8 Å². The van der Waals surface area contributed by atoms with Crippen LogP contribution in [-0.4, -0.2) is 42.3 Å². The smallest absolute Gasteiger partial charge is 0.238 e. The molecule has 0 aliphatic carbocycles. The van der Waals surface area contributed by atoms with Crippen molar-refractivity contribution in [2.45, 2.75) is 31.0 Å². The summed E-state index contributed by atoms with van der Waals surface area (Å²) >= 11 is 1.60. The van der Waals surface area contributed by atoms with E-state index >= 15 is 0 Å². The number of morpholine rings is 1. The molecule has 1 amide bonds. The maximum absolute atomic E-state index is 12.7. The second-order valence-electron chi connectivity index (χ2n) is 7.43. The maximum Gasteiger partial charge on any atom is 0.238 e. The van der Waals surface area contributed by atoms with Gasteiger partial charge < -0.3 is 10.1 Å². The minimum atomic E-state index is -0.0349. The van der Waals surface area contributed by atoms with Crippen LogP contribution in [0.2, 0.25) is 0 Å². The zero-order valence-corrected chi connectivity index (χ0v) is 17.7. The zero-order valence-electron chi connectivity index (χ0n) is 16.9. The first-order chi connectivity index (χ1) is 14.0. The predicted octanol–water partition coefficient (Wildman–Crippen LogP) is 4.34. The van der Waals surface area contributed by atoms with Crippen molar-refractivity contribution in [1.29, 1.82) is 5.26 Å². The molecule has 6 heteroatoms. The van der Waals surface area contributed by atoms with Crippen LogP contribution < -0.4 is 5.32 Å². The number of hydrogen-bond acceptors (Lipinski definition) is 5. The van der Waals surface area contributed by atoms with Crippen LogP contribution in [0.5, 0.6) is 0 Å². The van der Waals surface area contributed by atoms with Crippen molar-refractivity contribution in [2.24, 2.45) is 5.92 Å². The van der Waals surface area contributed by atoms with Gasteiger partial charge >= 0.3 is 0 Å². The molecule has 5 nitrogen and oxygen atoms in total. The minimum absolute atomic E-state index is 0.0249. The van der Waals surface area contributed by atoms with E-state index in [4.69, 9.17) is 10.00 Å². The molecule has 3 rings (SSSR count). The highest BCUT2D eigenvalue weighted by molar-refractivity contribution is 7.99. The standard InChI is InChI=1S/C23H27N3O2S/c1-17(12-24)16-29-22-11-7-6-10-20(22)25-23(27)15-26-13-18(2)28-21(14-26)19-8-4-3-5-9-19/h3-11,17-18,21H,13-16H2,1-2H3,(H,25,27). The molecule has 2 aromatic carbocycles. The van der Waals surface area contributed by atoms with E-state index in [9.17, 15) is 4.79 Å². The number of carbonyl (C=O) groups is 1. The molecule has 2 aromatic rings. The lowest BCUT2D eigenvalue weighted by atomic mass is 10.1. The number of carbonyl (C=O) groups excluding carboxylic acids is 1. The number of nitrogens with one attached hydrogen (secondary N) is 1. The Morgan fingerprint density at radius 2 is 1.97 bits per heavy atom. The van der Waals surface area contributed by atoms with E-state index in [1.54, 1.807) is 11.8 Å². The molecule has 1 N–H and O–H groups in total. The molecule has 152 valence electrons. The molecular weight excluding hydrogens is 382 g/mol. The molecule has 1 saturated heterocycles. The summed E-state index contributed by atoms with van der Waals surface area (Å²) in [6.07, 6.45) is 0.0418. The van der Waals surface area contributed by atoms with Gasteiger partial charge in [-0.25, -0.2) is 0 Å². The van der Waals surface area contributed by atoms with Crippen LogP contribution in [0, 0.1) is 17.2 Å². The van der Waals surface area contributed by atoms with Crippen LogP contribution in [0.4, 0.5) is 5.69 Å². The Bertz CT molecular complexity index is 853. The lowest BCUT2D eigenvalue weighted by Gasteiger charge is -2.36. The number of nitriles is 1. The molecule has 1 heterocycles. The van der Waals surface area contributed by atoms with E-state index in [1.807, 2.05) is 56.3 Å². The van der Waals surface area contributed by atoms with Gasteiger partial charge in [0, 0.05) is 23.7 Å². The van der Waals surface area contributed by atoms with Gasteiger partial charge in [-0.2, -0.15) is 5.26 Å². The van der Waals surface area contributed by atoms with Crippen LogP contribution in [0.15, 0.2) is 59.5 Å². The minimum Gasteiger partial charge on any atom is -0.368 e. The van der Waals surface area contributed by atoms with Crippen LogP contribution in [0.1, 0.15) is 25.5 Å². The molecule has 0 aromatic heterocycles. The second kappa shape index (κ2) is 10.4. The molecule has 0 saturated carbocycles. The molecule has 1 aliphatic rings. The van der Waals surface area contributed by atoms with Gasteiger partial charge in [-0.05, 0) is 31.5 Å². The van der Waals surface area contributed by atoms with Crippen molar-refractivity contribution in [3.63, 3.8) is 0 Å². The van der Waals surface area contributed by atoms with Gasteiger partial charge in [-0.1, -0.05) is 42.5 Å². The number of rotatable bonds is 7. The van der Waals surface area contributed by atoms with Gasteiger partial charge in [0.25, 0.3) is 0 Å². The van der Waals surface area contributed by atoms with Gasteiger partial charge in [-0.3, -0.25) is 9.69 Å². The molecule has 0 bridgehead atoms. The van der Waals surface area contributed by atoms with E-state index in [-0.39, 0.29) is 24.0 Å². The monoisotopic (exact) mass is 409 g/mol. The molecule has 3 atom stereocenters. The Morgan fingerprint density at radius 3 is 2.72 bits per heavy atom. The third-order valence-electron chi connectivity index (χ3n) is 4.74. The maximum atomic E-state index is 12.7. The van der Waals surface area contributed by atoms with Crippen molar-refractivity contribution in [2.75, 3.05) is 30.7 Å². The molecular formula is C23H27N3O2S. The number of para-hydroxylation sites is 1. The van der Waals surface area contributed by atoms with Crippen LogP contribution in [-0.2, 0) is 9.53 Å². The third-order valence-corrected chi connectivity index (χ3v) is 6.08. The summed E-state index contributed by atoms with van der Waals surface area (Å²) in [7, 11) is 0. The molecule has 0 radical (unpaired) electrons. The van der Waals surface area contributed by atoms with Crippen LogP contribution in [0.3, 0.4) is 0 Å². The van der Waals surface area contributed by atoms with Crippen molar-refractivity contribution in [1.82, 2.24) is 4.90 Å². The van der Waals surface area contributed by atoms with Crippen molar-refractivity contribution in [3.8, 4) is 6.07 Å². The average molecular weight is 410 g/mol.